The molecule has 1 aliphatic rings. The minimum absolute atomic E-state index is 0. The van der Waals surface area contributed by atoms with Crippen molar-refractivity contribution in [3.8, 4) is 0 Å². The van der Waals surface area contributed by atoms with Crippen molar-refractivity contribution in [2.45, 2.75) is 26.4 Å². The molecule has 1 unspecified atom stereocenters. The summed E-state index contributed by atoms with van der Waals surface area (Å²) in [7, 11) is 1.44. The van der Waals surface area contributed by atoms with E-state index >= 15 is 0 Å². The summed E-state index contributed by atoms with van der Waals surface area (Å²) in [6.07, 6.45) is 1.00. The Morgan fingerprint density at radius 1 is 1.36 bits per heavy atom. The second-order valence-electron chi connectivity index (χ2n) is 5.18. The fourth-order valence-electron chi connectivity index (χ4n) is 2.94. The Bertz CT molecular complexity index is 656. The number of quaternary nitrogens is 1. The van der Waals surface area contributed by atoms with Crippen molar-refractivity contribution in [1.29, 1.82) is 0 Å². The normalized spacial score (nSPS) is 18.0. The average molecular weight is 339 g/mol. The molecule has 22 heavy (non-hydrogen) atoms. The molecular weight excluding hydrogens is 318 g/mol. The number of halogens is 1. The average Bonchev–Trinajstić information content (AvgIpc) is 2.97. The molecule has 1 aliphatic heterocycles. The predicted molar refractivity (Wildman–Crippen MR) is 90.5 cm³/mol. The van der Waals surface area contributed by atoms with Gasteiger partial charge < -0.3 is 9.64 Å². The Kier molecular flexibility index (Phi) is 5.62. The largest absolute Gasteiger partial charge is 0.464 e. The van der Waals surface area contributed by atoms with Crippen molar-refractivity contribution in [1.82, 2.24) is 0 Å². The summed E-state index contributed by atoms with van der Waals surface area (Å²) in [5.41, 5.74) is 2.18. The van der Waals surface area contributed by atoms with Gasteiger partial charge in [0.2, 0.25) is 6.04 Å². The number of hydrogen-bond donors (Lipinski definition) is 1. The molecule has 118 valence electrons. The monoisotopic (exact) mass is 338 g/mol. The Morgan fingerprint density at radius 3 is 2.86 bits per heavy atom. The summed E-state index contributed by atoms with van der Waals surface area (Å²) in [5.74, 6) is -0.225. The molecule has 0 aliphatic carbocycles. The van der Waals surface area contributed by atoms with Crippen LogP contribution < -0.4 is 4.90 Å². The molecule has 0 spiro atoms. The van der Waals surface area contributed by atoms with Gasteiger partial charge in [-0.3, -0.25) is 0 Å². The van der Waals surface area contributed by atoms with Crippen LogP contribution in [0.4, 0.5) is 0 Å². The first-order valence-corrected chi connectivity index (χ1v) is 8.18. The van der Waals surface area contributed by atoms with E-state index in [1.165, 1.54) is 22.5 Å². The minimum atomic E-state index is -0.364. The molecule has 0 saturated heterocycles. The van der Waals surface area contributed by atoms with E-state index in [4.69, 9.17) is 16.3 Å². The van der Waals surface area contributed by atoms with Gasteiger partial charge in [-0.15, -0.1) is 11.3 Å². The van der Waals surface area contributed by atoms with Gasteiger partial charge in [-0.2, -0.15) is 0 Å². The molecule has 0 amide bonds. The van der Waals surface area contributed by atoms with E-state index in [1.807, 2.05) is 24.3 Å². The van der Waals surface area contributed by atoms with Gasteiger partial charge in [0.05, 0.1) is 18.7 Å². The molecule has 2 aromatic rings. The van der Waals surface area contributed by atoms with E-state index in [1.54, 1.807) is 11.3 Å². The van der Waals surface area contributed by atoms with E-state index in [0.717, 1.165) is 25.1 Å². The molecule has 1 aromatic carbocycles. The van der Waals surface area contributed by atoms with Crippen molar-refractivity contribution in [3.05, 3.63) is 56.7 Å². The molecule has 3 rings (SSSR count). The Hall–Kier alpha value is -1.36. The van der Waals surface area contributed by atoms with Crippen molar-refractivity contribution in [3.63, 3.8) is 0 Å². The maximum absolute atomic E-state index is 12.3. The van der Waals surface area contributed by atoms with Crippen LogP contribution in [0.5, 0.6) is 0 Å². The maximum Gasteiger partial charge on any atom is 0.369 e. The molecule has 0 radical (unpaired) electrons. The number of benzene rings is 1. The first-order chi connectivity index (χ1) is 10.2. The fraction of sp³-hybridized carbons (Fsp3) is 0.353. The Morgan fingerprint density at radius 2 is 2.14 bits per heavy atom. The lowest BCUT2D eigenvalue weighted by Crippen LogP contribution is -3.13. The van der Waals surface area contributed by atoms with E-state index < -0.39 is 0 Å². The predicted octanol–water partition coefficient (Wildman–Crippen LogP) is 2.89. The third-order valence-corrected chi connectivity index (χ3v) is 5.36. The molecule has 2 atom stereocenters. The number of hydrogen-bond acceptors (Lipinski definition) is 3. The molecule has 5 heteroatoms. The summed E-state index contributed by atoms with van der Waals surface area (Å²) in [5, 5.41) is 2.74. The van der Waals surface area contributed by atoms with E-state index in [2.05, 4.69) is 11.4 Å². The molecule has 1 N–H and O–H groups in total. The molecule has 1 aromatic heterocycles. The number of rotatable bonds is 3. The van der Waals surface area contributed by atoms with Gasteiger partial charge in [0.1, 0.15) is 6.54 Å². The molecule has 0 bridgehead atoms. The number of esters is 1. The van der Waals surface area contributed by atoms with Crippen LogP contribution in [-0.4, -0.2) is 19.6 Å². The van der Waals surface area contributed by atoms with Gasteiger partial charge in [0, 0.05) is 22.4 Å². The lowest BCUT2D eigenvalue weighted by atomic mass is 10.0. The van der Waals surface area contributed by atoms with Crippen LogP contribution in [0.1, 0.15) is 29.5 Å². The highest BCUT2D eigenvalue weighted by molar-refractivity contribution is 7.10. The van der Waals surface area contributed by atoms with Gasteiger partial charge in [0.25, 0.3) is 0 Å². The topological polar surface area (TPSA) is 30.7 Å². The van der Waals surface area contributed by atoms with Crippen molar-refractivity contribution in [2.75, 3.05) is 13.7 Å². The second kappa shape index (κ2) is 7.27. The lowest BCUT2D eigenvalue weighted by molar-refractivity contribution is -0.938. The van der Waals surface area contributed by atoms with E-state index in [-0.39, 0.29) is 19.4 Å². The number of carbonyl (C=O) groups is 1. The Labute approximate surface area is 140 Å². The van der Waals surface area contributed by atoms with Crippen LogP contribution in [0.2, 0.25) is 5.02 Å². The van der Waals surface area contributed by atoms with Crippen LogP contribution in [-0.2, 0) is 22.5 Å². The molecule has 0 saturated carbocycles. The van der Waals surface area contributed by atoms with Crippen molar-refractivity contribution >= 4 is 28.9 Å². The van der Waals surface area contributed by atoms with Crippen molar-refractivity contribution in [2.24, 2.45) is 0 Å². The molecular formula is C17H21ClNO2S+. The standard InChI is InChI=1S/C16H16ClNO2S.CH4/c1-20-16(19)15(12-4-2-3-5-13(12)17)18-8-6-14-11(10-18)7-9-21-14;/h2-5,7,9,15H,6,8,10H2,1H3;1H4/p+1/t15-;/m0./s1. The number of fused-ring (bicyclic) bond motifs is 1. The van der Waals surface area contributed by atoms with E-state index in [9.17, 15) is 4.79 Å². The summed E-state index contributed by atoms with van der Waals surface area (Å²) < 4.78 is 5.03. The van der Waals surface area contributed by atoms with Gasteiger partial charge in [-0.1, -0.05) is 37.2 Å². The first-order valence-electron chi connectivity index (χ1n) is 6.92. The zero-order valence-corrected chi connectivity index (χ0v) is 13.3. The highest BCUT2D eigenvalue weighted by Gasteiger charge is 2.36. The SMILES string of the molecule is C.COC(=O)[C@H](c1ccccc1Cl)[NH+]1CCc2sccc2C1. The zero-order valence-electron chi connectivity index (χ0n) is 11.8. The number of ether oxygens (including phenoxy) is 1. The highest BCUT2D eigenvalue weighted by Crippen LogP contribution is 2.24. The second-order valence-corrected chi connectivity index (χ2v) is 6.59. The number of thiophene rings is 1. The molecule has 3 nitrogen and oxygen atoms in total. The van der Waals surface area contributed by atoms with Crippen LogP contribution >= 0.6 is 22.9 Å². The molecule has 0 fully saturated rings. The molecule has 2 heterocycles. The van der Waals surface area contributed by atoms with Gasteiger partial charge in [-0.05, 0) is 17.5 Å². The summed E-state index contributed by atoms with van der Waals surface area (Å²) in [6, 6.07) is 9.32. The Balaban J connectivity index is 0.00000176. The van der Waals surface area contributed by atoms with Crippen LogP contribution in [0.3, 0.4) is 0 Å². The van der Waals surface area contributed by atoms with Gasteiger partial charge in [-0.25, -0.2) is 4.79 Å². The maximum atomic E-state index is 12.3. The quantitative estimate of drug-likeness (QED) is 0.872. The van der Waals surface area contributed by atoms with E-state index in [0.29, 0.717) is 5.02 Å². The number of nitrogens with one attached hydrogen (secondary N) is 1. The first kappa shape index (κ1) is 17.0. The fourth-order valence-corrected chi connectivity index (χ4v) is 4.09. The number of methoxy groups -OCH3 is 1. The highest BCUT2D eigenvalue weighted by atomic mass is 35.5. The van der Waals surface area contributed by atoms with Gasteiger partial charge in [0.15, 0.2) is 0 Å². The van der Waals surface area contributed by atoms with Crippen molar-refractivity contribution < 1.29 is 14.4 Å². The minimum Gasteiger partial charge on any atom is -0.464 e. The number of carbonyl (C=O) groups excluding carboxylic acids is 1. The van der Waals surface area contributed by atoms with Gasteiger partial charge >= 0.3 is 5.97 Å². The van der Waals surface area contributed by atoms with Crippen LogP contribution in [0.15, 0.2) is 35.7 Å². The smallest absolute Gasteiger partial charge is 0.369 e. The van der Waals surface area contributed by atoms with Crippen LogP contribution in [0.25, 0.3) is 0 Å². The van der Waals surface area contributed by atoms with Crippen LogP contribution in [0, 0.1) is 0 Å². The third-order valence-electron chi connectivity index (χ3n) is 3.99. The lowest BCUT2D eigenvalue weighted by Gasteiger charge is -2.30. The summed E-state index contributed by atoms with van der Waals surface area (Å²) >= 11 is 8.10. The zero-order chi connectivity index (χ0) is 14.8. The summed E-state index contributed by atoms with van der Waals surface area (Å²) in [6.45, 7) is 1.75. The summed E-state index contributed by atoms with van der Waals surface area (Å²) in [4.78, 5) is 14.9. The third kappa shape index (κ3) is 3.19.